The van der Waals surface area contributed by atoms with Crippen molar-refractivity contribution < 1.29 is 9.59 Å². The van der Waals surface area contributed by atoms with Crippen LogP contribution in [0.5, 0.6) is 0 Å². The van der Waals surface area contributed by atoms with Crippen LogP contribution in [0.2, 0.25) is 0 Å². The highest BCUT2D eigenvalue weighted by molar-refractivity contribution is 6.00. The summed E-state index contributed by atoms with van der Waals surface area (Å²) in [5.41, 5.74) is 0. The maximum Gasteiger partial charge on any atom is 0.230 e. The second-order valence-corrected chi connectivity index (χ2v) is 4.58. The molecule has 0 aromatic heterocycles. The van der Waals surface area contributed by atoms with Crippen LogP contribution >= 0.6 is 0 Å². The molecular formula is C11H17NO2. The minimum atomic E-state index is 0.0365. The summed E-state index contributed by atoms with van der Waals surface area (Å²) in [5, 5.41) is 0. The van der Waals surface area contributed by atoms with Gasteiger partial charge in [-0.3, -0.25) is 9.59 Å². The summed E-state index contributed by atoms with van der Waals surface area (Å²) < 4.78 is 0. The first-order chi connectivity index (χ1) is 6.66. The van der Waals surface area contributed by atoms with Crippen LogP contribution in [-0.2, 0) is 9.59 Å². The van der Waals surface area contributed by atoms with Gasteiger partial charge in [0.25, 0.3) is 0 Å². The number of rotatable bonds is 3. The predicted octanol–water partition coefficient (Wildman–Crippen LogP) is 1.37. The molecule has 1 saturated heterocycles. The van der Waals surface area contributed by atoms with Gasteiger partial charge < -0.3 is 4.90 Å². The molecule has 1 amide bonds. The van der Waals surface area contributed by atoms with E-state index in [0.29, 0.717) is 19.0 Å². The summed E-state index contributed by atoms with van der Waals surface area (Å²) in [4.78, 5) is 24.5. The van der Waals surface area contributed by atoms with Gasteiger partial charge in [-0.25, -0.2) is 0 Å². The quantitative estimate of drug-likeness (QED) is 0.638. The van der Waals surface area contributed by atoms with Crippen molar-refractivity contribution in [2.75, 3.05) is 6.54 Å². The number of hydrogen-bond acceptors (Lipinski definition) is 2. The molecule has 0 aromatic carbocycles. The van der Waals surface area contributed by atoms with Crippen LogP contribution in [-0.4, -0.2) is 29.2 Å². The van der Waals surface area contributed by atoms with Crippen molar-refractivity contribution >= 4 is 11.7 Å². The number of hydrogen-bond donors (Lipinski definition) is 0. The SMILES string of the molecule is CC(CC1CC1)N1CCC(=O)CC1=O. The number of Topliss-reactive ketones (excluding diaryl/α,β-unsaturated/α-hetero) is 1. The molecule has 3 nitrogen and oxygen atoms in total. The minimum Gasteiger partial charge on any atom is -0.339 e. The topological polar surface area (TPSA) is 37.4 Å². The fraction of sp³-hybridized carbons (Fsp3) is 0.818. The molecule has 0 N–H and O–H groups in total. The first-order valence-electron chi connectivity index (χ1n) is 5.48. The third kappa shape index (κ3) is 2.14. The normalized spacial score (nSPS) is 25.4. The summed E-state index contributed by atoms with van der Waals surface area (Å²) in [6.07, 6.45) is 4.46. The average Bonchev–Trinajstić information content (AvgIpc) is 2.87. The van der Waals surface area contributed by atoms with E-state index in [4.69, 9.17) is 0 Å². The molecule has 0 aromatic rings. The summed E-state index contributed by atoms with van der Waals surface area (Å²) in [5.74, 6) is 0.981. The molecule has 0 radical (unpaired) electrons. The van der Waals surface area contributed by atoms with Gasteiger partial charge in [0, 0.05) is 19.0 Å². The Morgan fingerprint density at radius 3 is 2.71 bits per heavy atom. The van der Waals surface area contributed by atoms with Crippen molar-refractivity contribution in [3.05, 3.63) is 0 Å². The van der Waals surface area contributed by atoms with Crippen LogP contribution in [0.15, 0.2) is 0 Å². The lowest BCUT2D eigenvalue weighted by atomic mass is 10.0. The van der Waals surface area contributed by atoms with E-state index < -0.39 is 0 Å². The Morgan fingerprint density at radius 2 is 2.14 bits per heavy atom. The van der Waals surface area contributed by atoms with Gasteiger partial charge in [0.05, 0.1) is 6.42 Å². The van der Waals surface area contributed by atoms with Gasteiger partial charge in [0.2, 0.25) is 5.91 Å². The van der Waals surface area contributed by atoms with Crippen molar-refractivity contribution in [1.29, 1.82) is 0 Å². The summed E-state index contributed by atoms with van der Waals surface area (Å²) in [6, 6.07) is 0.336. The summed E-state index contributed by atoms with van der Waals surface area (Å²) >= 11 is 0. The van der Waals surface area contributed by atoms with Gasteiger partial charge in [-0.2, -0.15) is 0 Å². The lowest BCUT2D eigenvalue weighted by Crippen LogP contribution is -2.44. The number of carbonyl (C=O) groups excluding carboxylic acids is 2. The molecule has 1 unspecified atom stereocenters. The van der Waals surface area contributed by atoms with Crippen molar-refractivity contribution in [2.45, 2.75) is 45.1 Å². The molecule has 2 fully saturated rings. The zero-order valence-corrected chi connectivity index (χ0v) is 8.66. The first kappa shape index (κ1) is 9.69. The minimum absolute atomic E-state index is 0.0365. The highest BCUT2D eigenvalue weighted by Gasteiger charge is 2.31. The van der Waals surface area contributed by atoms with Gasteiger partial charge in [0.1, 0.15) is 5.78 Å². The van der Waals surface area contributed by atoms with Gasteiger partial charge in [-0.15, -0.1) is 0 Å². The Balaban J connectivity index is 1.88. The smallest absolute Gasteiger partial charge is 0.230 e. The molecule has 1 atom stereocenters. The second kappa shape index (κ2) is 3.71. The molecule has 1 saturated carbocycles. The third-order valence-corrected chi connectivity index (χ3v) is 3.20. The van der Waals surface area contributed by atoms with E-state index >= 15 is 0 Å². The molecule has 0 spiro atoms. The van der Waals surface area contributed by atoms with E-state index in [9.17, 15) is 9.59 Å². The summed E-state index contributed by atoms with van der Waals surface area (Å²) in [7, 11) is 0. The van der Waals surface area contributed by atoms with Crippen LogP contribution in [0.3, 0.4) is 0 Å². The Bertz CT molecular complexity index is 258. The lowest BCUT2D eigenvalue weighted by Gasteiger charge is -2.32. The van der Waals surface area contributed by atoms with Gasteiger partial charge in [-0.1, -0.05) is 12.8 Å². The molecule has 2 rings (SSSR count). The average molecular weight is 195 g/mol. The zero-order chi connectivity index (χ0) is 10.1. The Kier molecular flexibility index (Phi) is 2.57. The number of likely N-dealkylation sites (tertiary alicyclic amines) is 1. The van der Waals surface area contributed by atoms with Gasteiger partial charge in [0.15, 0.2) is 0 Å². The second-order valence-electron chi connectivity index (χ2n) is 4.58. The molecule has 1 aliphatic heterocycles. The molecule has 1 heterocycles. The van der Waals surface area contributed by atoms with Crippen LogP contribution in [0.1, 0.15) is 39.0 Å². The fourth-order valence-corrected chi connectivity index (χ4v) is 2.16. The summed E-state index contributed by atoms with van der Waals surface area (Å²) in [6.45, 7) is 2.75. The standard InChI is InChI=1S/C11H17NO2/c1-8(6-9-2-3-9)12-5-4-10(13)7-11(12)14/h8-9H,2-7H2,1H3. The molecule has 1 aliphatic carbocycles. The zero-order valence-electron chi connectivity index (χ0n) is 8.66. The van der Waals surface area contributed by atoms with Crippen molar-refractivity contribution in [1.82, 2.24) is 4.90 Å². The van der Waals surface area contributed by atoms with E-state index in [1.54, 1.807) is 0 Å². The number of carbonyl (C=O) groups is 2. The maximum atomic E-state index is 11.6. The van der Waals surface area contributed by atoms with Crippen LogP contribution in [0.25, 0.3) is 0 Å². The van der Waals surface area contributed by atoms with Crippen molar-refractivity contribution in [2.24, 2.45) is 5.92 Å². The highest BCUT2D eigenvalue weighted by atomic mass is 16.2. The molecule has 2 aliphatic rings. The molecule has 78 valence electrons. The third-order valence-electron chi connectivity index (χ3n) is 3.20. The van der Waals surface area contributed by atoms with Crippen LogP contribution in [0.4, 0.5) is 0 Å². The first-order valence-corrected chi connectivity index (χ1v) is 5.48. The van der Waals surface area contributed by atoms with Gasteiger partial charge in [-0.05, 0) is 19.3 Å². The predicted molar refractivity (Wildman–Crippen MR) is 52.8 cm³/mol. The van der Waals surface area contributed by atoms with E-state index in [2.05, 4.69) is 6.92 Å². The van der Waals surface area contributed by atoms with E-state index in [-0.39, 0.29) is 18.1 Å². The lowest BCUT2D eigenvalue weighted by molar-refractivity contribution is -0.141. The number of amides is 1. The molecular weight excluding hydrogens is 178 g/mol. The van der Waals surface area contributed by atoms with Crippen LogP contribution in [0, 0.1) is 5.92 Å². The van der Waals surface area contributed by atoms with Crippen molar-refractivity contribution in [3.8, 4) is 0 Å². The van der Waals surface area contributed by atoms with Crippen LogP contribution < -0.4 is 0 Å². The number of ketones is 1. The molecule has 0 bridgehead atoms. The Morgan fingerprint density at radius 1 is 1.43 bits per heavy atom. The number of piperidine rings is 1. The maximum absolute atomic E-state index is 11.6. The number of nitrogens with zero attached hydrogens (tertiary/aromatic N) is 1. The van der Waals surface area contributed by atoms with Gasteiger partial charge >= 0.3 is 0 Å². The van der Waals surface area contributed by atoms with E-state index in [1.165, 1.54) is 12.8 Å². The fourth-order valence-electron chi connectivity index (χ4n) is 2.16. The van der Waals surface area contributed by atoms with E-state index in [0.717, 1.165) is 12.3 Å². The highest BCUT2D eigenvalue weighted by Crippen LogP contribution is 2.34. The Labute approximate surface area is 84.5 Å². The Hall–Kier alpha value is -0.860. The molecule has 3 heteroatoms. The monoisotopic (exact) mass is 195 g/mol. The van der Waals surface area contributed by atoms with Crippen molar-refractivity contribution in [3.63, 3.8) is 0 Å². The largest absolute Gasteiger partial charge is 0.339 e. The molecule has 14 heavy (non-hydrogen) atoms. The van der Waals surface area contributed by atoms with E-state index in [1.807, 2.05) is 4.90 Å².